The number of nitrogens with zero attached hydrogens (tertiary/aromatic N) is 2. The lowest BCUT2D eigenvalue weighted by Crippen LogP contribution is -2.61. The molecule has 20 N–H and O–H groups in total. The van der Waals surface area contributed by atoms with Gasteiger partial charge >= 0.3 is 23.9 Å². The monoisotopic (exact) mass is 1180 g/mol. The molecule has 0 unspecified atom stereocenters. The van der Waals surface area contributed by atoms with Crippen LogP contribution in [0.4, 0.5) is 0 Å². The molecule has 80 heavy (non-hydrogen) atoms. The molecule has 0 aromatic rings. The Bertz CT molecular complexity index is 2290. The van der Waals surface area contributed by atoms with E-state index in [1.54, 1.807) is 13.8 Å². The lowest BCUT2D eigenvalue weighted by Gasteiger charge is -2.31. The average molecular weight is 1180 g/mol. The van der Waals surface area contributed by atoms with Crippen LogP contribution in [0.1, 0.15) is 98.3 Å². The number of nitrogens with one attached hydrogen (secondary N) is 8. The molecular formula is C46H76N14O18S2. The third kappa shape index (κ3) is 25.5. The summed E-state index contributed by atoms with van der Waals surface area (Å²) in [7, 11) is 0. The largest absolute Gasteiger partial charge is 0.481 e. The third-order valence-electron chi connectivity index (χ3n) is 11.9. The van der Waals surface area contributed by atoms with Crippen LogP contribution in [0.5, 0.6) is 0 Å². The molecule has 1 fully saturated rings. The van der Waals surface area contributed by atoms with Crippen LogP contribution in [-0.2, 0) is 67.1 Å². The van der Waals surface area contributed by atoms with Crippen molar-refractivity contribution in [1.82, 2.24) is 47.4 Å². The van der Waals surface area contributed by atoms with Crippen LogP contribution in [0, 0.1) is 11.8 Å². The van der Waals surface area contributed by atoms with Gasteiger partial charge in [-0.05, 0) is 56.8 Å². The fourth-order valence-corrected chi connectivity index (χ4v) is 8.29. The van der Waals surface area contributed by atoms with E-state index >= 15 is 0 Å². The SMILES string of the molecule is CC(C)C[C@H](NC(=O)[C@H](CCC(=O)O)NC(=O)[C@H](CS)NC(=O)[C@@H](NC(=O)[C@H](CCC(=O)O)NC(=O)[C@@H](N)CCCN=C(N)N)C(C)C)C(=O)N[C@@H](CC(N)=O)C(=O)N1CCC[C@H]1C(=O)N[C@@H](CC(=O)O)C(=O)N[C@@H](CS)C(=O)O. The van der Waals surface area contributed by atoms with Gasteiger partial charge < -0.3 is 90.8 Å². The number of hydrogen-bond acceptors (Lipinski definition) is 18. The number of carbonyl (C=O) groups excluding carboxylic acids is 10. The zero-order valence-corrected chi connectivity index (χ0v) is 46.4. The van der Waals surface area contributed by atoms with Crippen LogP contribution in [0.3, 0.4) is 0 Å². The van der Waals surface area contributed by atoms with Gasteiger partial charge in [-0.2, -0.15) is 25.3 Å². The molecule has 450 valence electrons. The number of guanidine groups is 1. The van der Waals surface area contributed by atoms with Crippen molar-refractivity contribution in [2.75, 3.05) is 24.6 Å². The van der Waals surface area contributed by atoms with Crippen molar-refractivity contribution in [3.8, 4) is 0 Å². The molecular weight excluding hydrogens is 1100 g/mol. The van der Waals surface area contributed by atoms with E-state index in [0.29, 0.717) is 0 Å². The van der Waals surface area contributed by atoms with E-state index in [2.05, 4.69) is 72.8 Å². The minimum Gasteiger partial charge on any atom is -0.481 e. The average Bonchev–Trinajstić information content (AvgIpc) is 3.86. The molecule has 0 aromatic heterocycles. The second-order valence-electron chi connectivity index (χ2n) is 19.4. The highest BCUT2D eigenvalue weighted by Crippen LogP contribution is 2.21. The first-order chi connectivity index (χ1) is 37.3. The fraction of sp³-hybridized carbons (Fsp3) is 0.674. The smallest absolute Gasteiger partial charge is 0.327 e. The van der Waals surface area contributed by atoms with E-state index in [9.17, 15) is 87.5 Å². The summed E-state index contributed by atoms with van der Waals surface area (Å²) < 4.78 is 0. The minimum absolute atomic E-state index is 0.0497. The summed E-state index contributed by atoms with van der Waals surface area (Å²) in [5, 5.41) is 56.3. The summed E-state index contributed by atoms with van der Waals surface area (Å²) in [4.78, 5) is 186. The third-order valence-corrected chi connectivity index (χ3v) is 12.7. The maximum absolute atomic E-state index is 14.1. The predicted molar refractivity (Wildman–Crippen MR) is 288 cm³/mol. The predicted octanol–water partition coefficient (Wildman–Crippen LogP) is -6.04. The molecule has 10 amide bonds. The summed E-state index contributed by atoms with van der Waals surface area (Å²) in [6, 6.07) is -15.6. The number of primary amides is 1. The number of carbonyl (C=O) groups is 14. The molecule has 0 saturated carbocycles. The van der Waals surface area contributed by atoms with Gasteiger partial charge in [0.2, 0.25) is 59.1 Å². The van der Waals surface area contributed by atoms with Gasteiger partial charge in [0, 0.05) is 37.4 Å². The number of aliphatic carboxylic acids is 4. The number of rotatable bonds is 37. The van der Waals surface area contributed by atoms with Crippen molar-refractivity contribution < 1.29 is 87.5 Å². The van der Waals surface area contributed by atoms with Gasteiger partial charge in [-0.15, -0.1) is 0 Å². The first-order valence-electron chi connectivity index (χ1n) is 25.3. The van der Waals surface area contributed by atoms with E-state index in [0.717, 1.165) is 4.90 Å². The molecule has 1 aliphatic rings. The van der Waals surface area contributed by atoms with E-state index < -0.39 is 205 Å². The van der Waals surface area contributed by atoms with E-state index in [-0.39, 0.29) is 51.2 Å². The molecule has 0 aromatic carbocycles. The standard InChI is InChI=1S/C46H76N14O18S2/c1-20(2)15-25(39(71)56-27(16-31(48)61)44(76)60-14-6-8-30(60)42(74)55-26(17-34(66)67)40(72)58-29(19-80)45(77)78)54-37(69)23(9-11-32(62)63)53-41(73)28(18-79)57-43(75)35(21(3)4)59-38(70)24(10-12-33(64)65)52-36(68)22(47)7-5-13-51-46(49)50/h20-30,35,79-80H,5-19,47H2,1-4H3,(H2,48,61)(H,52,68)(H,53,73)(H,54,69)(H,55,74)(H,56,71)(H,57,75)(H,58,72)(H,59,70)(H,62,63)(H,64,65)(H,66,67)(H,77,78)(H4,49,50,51)/t22-,23-,24-,25-,26-,27-,28-,29-,30-,35-/m0/s1. The molecule has 0 bridgehead atoms. The van der Waals surface area contributed by atoms with Crippen molar-refractivity contribution in [2.45, 2.75) is 159 Å². The van der Waals surface area contributed by atoms with Crippen LogP contribution in [0.25, 0.3) is 0 Å². The van der Waals surface area contributed by atoms with E-state index in [1.807, 2.05) is 0 Å². The molecule has 1 rings (SSSR count). The zero-order chi connectivity index (χ0) is 61.1. The van der Waals surface area contributed by atoms with Crippen LogP contribution in [0.15, 0.2) is 4.99 Å². The molecule has 1 aliphatic heterocycles. The number of carboxylic acid groups (broad SMARTS) is 4. The summed E-state index contributed by atoms with van der Waals surface area (Å²) in [6.07, 6.45) is -3.87. The van der Waals surface area contributed by atoms with Gasteiger partial charge in [-0.3, -0.25) is 67.3 Å². The van der Waals surface area contributed by atoms with Crippen LogP contribution >= 0.6 is 25.3 Å². The van der Waals surface area contributed by atoms with Gasteiger partial charge in [-0.1, -0.05) is 27.7 Å². The summed E-state index contributed by atoms with van der Waals surface area (Å²) in [6.45, 7) is 6.31. The molecule has 34 heteroatoms. The first kappa shape index (κ1) is 70.5. The second kappa shape index (κ2) is 35.2. The number of amides is 10. The molecule has 1 saturated heterocycles. The maximum atomic E-state index is 14.1. The Labute approximate surface area is 470 Å². The Morgan fingerprint density at radius 3 is 1.52 bits per heavy atom. The van der Waals surface area contributed by atoms with E-state index in [1.165, 1.54) is 13.8 Å². The van der Waals surface area contributed by atoms with Gasteiger partial charge in [0.1, 0.15) is 54.4 Å². The Balaban J connectivity index is 3.39. The van der Waals surface area contributed by atoms with Crippen molar-refractivity contribution in [2.24, 2.45) is 39.8 Å². The summed E-state index contributed by atoms with van der Waals surface area (Å²) in [5.74, 6) is -18.4. The number of likely N-dealkylation sites (tertiary alicyclic amines) is 1. The highest BCUT2D eigenvalue weighted by molar-refractivity contribution is 7.80. The molecule has 0 spiro atoms. The van der Waals surface area contributed by atoms with E-state index in [4.69, 9.17) is 22.9 Å². The van der Waals surface area contributed by atoms with Crippen molar-refractivity contribution >= 4 is 114 Å². The highest BCUT2D eigenvalue weighted by Gasteiger charge is 2.41. The quantitative estimate of drug-likeness (QED) is 0.0119. The first-order valence-corrected chi connectivity index (χ1v) is 26.5. The highest BCUT2D eigenvalue weighted by atomic mass is 32.1. The topological polar surface area (TPSA) is 536 Å². The lowest BCUT2D eigenvalue weighted by atomic mass is 10.0. The minimum atomic E-state index is -1.82. The van der Waals surface area contributed by atoms with Crippen molar-refractivity contribution in [3.63, 3.8) is 0 Å². The van der Waals surface area contributed by atoms with Gasteiger partial charge in [0.05, 0.1) is 18.9 Å². The van der Waals surface area contributed by atoms with Gasteiger partial charge in [-0.25, -0.2) is 4.79 Å². The molecule has 10 atom stereocenters. The van der Waals surface area contributed by atoms with Crippen molar-refractivity contribution in [3.05, 3.63) is 0 Å². The number of nitrogens with two attached hydrogens (primary N) is 4. The Kier molecular flexibility index (Phi) is 31.0. The summed E-state index contributed by atoms with van der Waals surface area (Å²) >= 11 is 8.01. The van der Waals surface area contributed by atoms with Gasteiger partial charge in [0.25, 0.3) is 0 Å². The molecule has 0 aliphatic carbocycles. The second-order valence-corrected chi connectivity index (χ2v) is 20.1. The molecule has 1 heterocycles. The molecule has 32 nitrogen and oxygen atoms in total. The maximum Gasteiger partial charge on any atom is 0.327 e. The van der Waals surface area contributed by atoms with Crippen LogP contribution < -0.4 is 65.5 Å². The normalized spacial score (nSPS) is 16.3. The van der Waals surface area contributed by atoms with Crippen LogP contribution in [0.2, 0.25) is 0 Å². The summed E-state index contributed by atoms with van der Waals surface area (Å²) in [5.41, 5.74) is 22.0. The number of aliphatic imine (C=N–C) groups is 1. The van der Waals surface area contributed by atoms with Gasteiger partial charge in [0.15, 0.2) is 5.96 Å². The number of thiol groups is 2. The van der Waals surface area contributed by atoms with Crippen molar-refractivity contribution in [1.29, 1.82) is 0 Å². The Morgan fingerprint density at radius 1 is 0.562 bits per heavy atom. The number of carboxylic acids is 4. The lowest BCUT2D eigenvalue weighted by molar-refractivity contribution is -0.145. The number of hydrogen-bond donors (Lipinski definition) is 18. The van der Waals surface area contributed by atoms with Crippen LogP contribution in [-0.4, -0.2) is 199 Å². The molecule has 0 radical (unpaired) electrons. The fourth-order valence-electron chi connectivity index (χ4n) is 7.78. The Morgan fingerprint density at radius 2 is 1.04 bits per heavy atom. The zero-order valence-electron chi connectivity index (χ0n) is 44.6. The Hall–Kier alpha value is -7.49.